The topological polar surface area (TPSA) is 52.3 Å². The van der Waals surface area contributed by atoms with E-state index < -0.39 is 6.09 Å². The monoisotopic (exact) mass is 261 g/mol. The maximum atomic E-state index is 10.6. The first-order valence-electron chi connectivity index (χ1n) is 5.59. The largest absolute Gasteiger partial charge is 0.442 e. The molecule has 1 aliphatic rings. The average Bonchev–Trinajstić information content (AvgIpc) is 2.74. The van der Waals surface area contributed by atoms with Crippen molar-refractivity contribution < 1.29 is 9.53 Å². The molecule has 1 fully saturated rings. The van der Waals surface area contributed by atoms with Crippen molar-refractivity contribution in [2.24, 2.45) is 5.73 Å². The molecule has 92 valence electrons. The SMILES string of the molecule is C=CC(CCCCC1CCSS1)OC(N)=O. The minimum atomic E-state index is -0.715. The van der Waals surface area contributed by atoms with Gasteiger partial charge in [0, 0.05) is 11.0 Å². The van der Waals surface area contributed by atoms with E-state index in [4.69, 9.17) is 10.5 Å². The zero-order valence-electron chi connectivity index (χ0n) is 9.39. The standard InChI is InChI=1S/C11H19NO2S2/c1-2-9(14-11(12)13)5-3-4-6-10-7-8-15-16-10/h2,9-10H,1,3-8H2,(H2,12,13). The van der Waals surface area contributed by atoms with Crippen LogP contribution in [0.1, 0.15) is 32.1 Å². The van der Waals surface area contributed by atoms with Crippen molar-refractivity contribution >= 4 is 27.7 Å². The van der Waals surface area contributed by atoms with Gasteiger partial charge in [-0.15, -0.1) is 0 Å². The Bertz CT molecular complexity index is 230. The van der Waals surface area contributed by atoms with Crippen molar-refractivity contribution in [2.75, 3.05) is 5.75 Å². The lowest BCUT2D eigenvalue weighted by molar-refractivity contribution is 0.123. The van der Waals surface area contributed by atoms with Gasteiger partial charge in [0.25, 0.3) is 0 Å². The van der Waals surface area contributed by atoms with E-state index in [0.717, 1.165) is 18.1 Å². The lowest BCUT2D eigenvalue weighted by atomic mass is 10.1. The fraction of sp³-hybridized carbons (Fsp3) is 0.727. The van der Waals surface area contributed by atoms with Crippen molar-refractivity contribution in [3.63, 3.8) is 0 Å². The highest BCUT2D eigenvalue weighted by atomic mass is 33.1. The van der Waals surface area contributed by atoms with Gasteiger partial charge in [-0.1, -0.05) is 40.7 Å². The predicted octanol–water partition coefficient (Wildman–Crippen LogP) is 3.35. The fourth-order valence-corrected chi connectivity index (χ4v) is 4.68. The number of nitrogens with two attached hydrogens (primary N) is 1. The maximum absolute atomic E-state index is 10.6. The molecule has 1 aliphatic heterocycles. The van der Waals surface area contributed by atoms with Gasteiger partial charge in [-0.2, -0.15) is 0 Å². The quantitative estimate of drug-likeness (QED) is 0.434. The van der Waals surface area contributed by atoms with Crippen LogP contribution in [0.25, 0.3) is 0 Å². The minimum absolute atomic E-state index is 0.219. The number of rotatable bonds is 7. The number of ether oxygens (including phenoxy) is 1. The van der Waals surface area contributed by atoms with Crippen LogP contribution in [-0.2, 0) is 4.74 Å². The lowest BCUT2D eigenvalue weighted by Gasteiger charge is -2.12. The molecule has 0 radical (unpaired) electrons. The Morgan fingerprint density at radius 3 is 3.00 bits per heavy atom. The molecule has 0 aromatic rings. The molecule has 0 spiro atoms. The summed E-state index contributed by atoms with van der Waals surface area (Å²) < 4.78 is 4.88. The molecule has 0 aromatic carbocycles. The lowest BCUT2D eigenvalue weighted by Crippen LogP contribution is -2.21. The molecule has 1 heterocycles. The van der Waals surface area contributed by atoms with Gasteiger partial charge in [-0.3, -0.25) is 0 Å². The molecule has 1 amide bonds. The first-order valence-corrected chi connectivity index (χ1v) is 7.97. The molecule has 1 rings (SSSR count). The van der Waals surface area contributed by atoms with Crippen LogP contribution < -0.4 is 5.73 Å². The summed E-state index contributed by atoms with van der Waals surface area (Å²) in [6, 6.07) is 0. The van der Waals surface area contributed by atoms with Crippen LogP contribution in [0.2, 0.25) is 0 Å². The van der Waals surface area contributed by atoms with E-state index in [0.29, 0.717) is 0 Å². The highest BCUT2D eigenvalue weighted by molar-refractivity contribution is 8.77. The summed E-state index contributed by atoms with van der Waals surface area (Å²) in [5.74, 6) is 1.29. The van der Waals surface area contributed by atoms with Crippen LogP contribution in [0, 0.1) is 0 Å². The summed E-state index contributed by atoms with van der Waals surface area (Å²) in [5.41, 5.74) is 4.96. The summed E-state index contributed by atoms with van der Waals surface area (Å²) in [4.78, 5) is 10.6. The fourth-order valence-electron chi connectivity index (χ4n) is 1.66. The van der Waals surface area contributed by atoms with E-state index >= 15 is 0 Å². The second kappa shape index (κ2) is 7.90. The van der Waals surface area contributed by atoms with Crippen molar-refractivity contribution in [1.82, 2.24) is 0 Å². The molecular formula is C11H19NO2S2. The molecular weight excluding hydrogens is 242 g/mol. The van der Waals surface area contributed by atoms with Gasteiger partial charge in [0.1, 0.15) is 6.10 Å². The smallest absolute Gasteiger partial charge is 0.405 e. The number of unbranched alkanes of at least 4 members (excludes halogenated alkanes) is 1. The molecule has 3 nitrogen and oxygen atoms in total. The number of hydrogen-bond donors (Lipinski definition) is 1. The van der Waals surface area contributed by atoms with Gasteiger partial charge in [0.05, 0.1) is 0 Å². The molecule has 0 aromatic heterocycles. The molecule has 2 unspecified atom stereocenters. The van der Waals surface area contributed by atoms with Gasteiger partial charge in [-0.25, -0.2) is 4.79 Å². The van der Waals surface area contributed by atoms with Crippen LogP contribution >= 0.6 is 21.6 Å². The first-order chi connectivity index (χ1) is 7.72. The van der Waals surface area contributed by atoms with Gasteiger partial charge < -0.3 is 10.5 Å². The molecule has 2 N–H and O–H groups in total. The predicted molar refractivity (Wildman–Crippen MR) is 71.6 cm³/mol. The number of carbonyl (C=O) groups excluding carboxylic acids is 1. The molecule has 1 saturated heterocycles. The summed E-state index contributed by atoms with van der Waals surface area (Å²) >= 11 is 0. The normalized spacial score (nSPS) is 21.6. The molecule has 16 heavy (non-hydrogen) atoms. The van der Waals surface area contributed by atoms with Crippen LogP contribution in [0.3, 0.4) is 0 Å². The van der Waals surface area contributed by atoms with E-state index in [2.05, 4.69) is 6.58 Å². The van der Waals surface area contributed by atoms with Crippen molar-refractivity contribution in [2.45, 2.75) is 43.5 Å². The Kier molecular flexibility index (Phi) is 6.80. The number of hydrogen-bond acceptors (Lipinski definition) is 4. The Morgan fingerprint density at radius 1 is 1.62 bits per heavy atom. The number of primary amides is 1. The number of carbonyl (C=O) groups is 1. The molecule has 0 bridgehead atoms. The summed E-state index contributed by atoms with van der Waals surface area (Å²) in [6.07, 6.45) is 6.38. The van der Waals surface area contributed by atoms with Crippen molar-refractivity contribution in [3.05, 3.63) is 12.7 Å². The Hall–Kier alpha value is -0.290. The van der Waals surface area contributed by atoms with E-state index in [-0.39, 0.29) is 6.10 Å². The molecule has 2 atom stereocenters. The second-order valence-corrected chi connectivity index (χ2v) is 6.61. The molecule has 5 heteroatoms. The van der Waals surface area contributed by atoms with Crippen LogP contribution in [0.5, 0.6) is 0 Å². The Balaban J connectivity index is 2.03. The van der Waals surface area contributed by atoms with Gasteiger partial charge in [0.15, 0.2) is 0 Å². The third kappa shape index (κ3) is 5.70. The van der Waals surface area contributed by atoms with E-state index in [1.807, 2.05) is 21.6 Å². The van der Waals surface area contributed by atoms with Crippen LogP contribution in [0.15, 0.2) is 12.7 Å². The van der Waals surface area contributed by atoms with Gasteiger partial charge in [0.2, 0.25) is 0 Å². The van der Waals surface area contributed by atoms with Crippen LogP contribution in [0.4, 0.5) is 4.79 Å². The Labute approximate surface area is 105 Å². The minimum Gasteiger partial charge on any atom is -0.442 e. The average molecular weight is 261 g/mol. The highest BCUT2D eigenvalue weighted by Crippen LogP contribution is 2.39. The summed E-state index contributed by atoms with van der Waals surface area (Å²) in [7, 11) is 3.98. The zero-order chi connectivity index (χ0) is 11.8. The van der Waals surface area contributed by atoms with Crippen molar-refractivity contribution in [3.8, 4) is 0 Å². The van der Waals surface area contributed by atoms with Gasteiger partial charge >= 0.3 is 6.09 Å². The molecule has 0 aliphatic carbocycles. The van der Waals surface area contributed by atoms with Crippen LogP contribution in [-0.4, -0.2) is 23.2 Å². The first kappa shape index (κ1) is 13.8. The third-order valence-corrected chi connectivity index (χ3v) is 5.53. The van der Waals surface area contributed by atoms with E-state index in [9.17, 15) is 4.79 Å². The Morgan fingerprint density at radius 2 is 2.44 bits per heavy atom. The van der Waals surface area contributed by atoms with E-state index in [1.165, 1.54) is 25.0 Å². The zero-order valence-corrected chi connectivity index (χ0v) is 11.0. The molecule has 0 saturated carbocycles. The van der Waals surface area contributed by atoms with E-state index in [1.54, 1.807) is 6.08 Å². The maximum Gasteiger partial charge on any atom is 0.405 e. The third-order valence-electron chi connectivity index (χ3n) is 2.52. The highest BCUT2D eigenvalue weighted by Gasteiger charge is 2.16. The summed E-state index contributed by atoms with van der Waals surface area (Å²) in [5, 5.41) is 0.823. The second-order valence-electron chi connectivity index (χ2n) is 3.82. The van der Waals surface area contributed by atoms with Crippen molar-refractivity contribution in [1.29, 1.82) is 0 Å². The number of amides is 1. The van der Waals surface area contributed by atoms with Gasteiger partial charge in [-0.05, 0) is 25.7 Å². The summed E-state index contributed by atoms with van der Waals surface area (Å²) in [6.45, 7) is 3.63.